The number of carbonyl (C=O) groups is 2. The average molecular weight is 431 g/mol. The summed E-state index contributed by atoms with van der Waals surface area (Å²) in [4.78, 5) is 27.9. The van der Waals surface area contributed by atoms with Gasteiger partial charge in [0.2, 0.25) is 0 Å². The third-order valence-electron chi connectivity index (χ3n) is 5.29. The molecule has 1 heterocycles. The van der Waals surface area contributed by atoms with Gasteiger partial charge in [-0.05, 0) is 48.9 Å². The lowest BCUT2D eigenvalue weighted by Gasteiger charge is -2.37. The zero-order valence-corrected chi connectivity index (χ0v) is 18.3. The largest absolute Gasteiger partial charge is 0.484 e. The van der Waals surface area contributed by atoms with Gasteiger partial charge >= 0.3 is 0 Å². The van der Waals surface area contributed by atoms with Gasteiger partial charge in [0.25, 0.3) is 11.8 Å². The molecule has 0 bridgehead atoms. The number of ether oxygens (including phenoxy) is 1. The van der Waals surface area contributed by atoms with Crippen molar-refractivity contribution in [2.45, 2.75) is 13.1 Å². The molecule has 0 saturated heterocycles. The molecule has 1 aliphatic rings. The standard InChI is InChI=1S/C25H26N4O3/c1-17-8-14-20(15-9-17)32-16-23(30)27-29-24(18-10-12-19(13-11-18)28(2)3)26-22-7-5-4-6-21(22)25(29)31/h4-15,24,26H,16H2,1-3H3,(H,27,30). The molecule has 32 heavy (non-hydrogen) atoms. The minimum Gasteiger partial charge on any atom is -0.484 e. The molecule has 2 amide bonds. The van der Waals surface area contributed by atoms with Crippen LogP contribution in [0.2, 0.25) is 0 Å². The summed E-state index contributed by atoms with van der Waals surface area (Å²) in [5.41, 5.74) is 6.93. The molecule has 7 nitrogen and oxygen atoms in total. The van der Waals surface area contributed by atoms with Crippen molar-refractivity contribution in [3.8, 4) is 5.75 Å². The Morgan fingerprint density at radius 1 is 1.03 bits per heavy atom. The molecule has 1 atom stereocenters. The minimum absolute atomic E-state index is 0.208. The molecule has 0 spiro atoms. The van der Waals surface area contributed by atoms with Crippen LogP contribution in [-0.2, 0) is 4.79 Å². The number of anilines is 2. The number of fused-ring (bicyclic) bond motifs is 1. The fourth-order valence-electron chi connectivity index (χ4n) is 3.51. The molecule has 7 heteroatoms. The minimum atomic E-state index is -0.558. The maximum Gasteiger partial charge on any atom is 0.276 e. The summed E-state index contributed by atoms with van der Waals surface area (Å²) in [7, 11) is 3.93. The van der Waals surface area contributed by atoms with Crippen LogP contribution in [-0.4, -0.2) is 37.5 Å². The number of nitrogens with one attached hydrogen (secondary N) is 2. The number of rotatable bonds is 6. The first-order valence-electron chi connectivity index (χ1n) is 10.4. The van der Waals surface area contributed by atoms with Crippen molar-refractivity contribution in [1.82, 2.24) is 10.4 Å². The molecule has 1 aliphatic heterocycles. The first-order chi connectivity index (χ1) is 15.4. The molecule has 0 aromatic heterocycles. The molecule has 0 radical (unpaired) electrons. The van der Waals surface area contributed by atoms with E-state index in [1.54, 1.807) is 12.1 Å². The second kappa shape index (κ2) is 9.01. The normalized spacial score (nSPS) is 14.9. The van der Waals surface area contributed by atoms with Gasteiger partial charge in [0.15, 0.2) is 6.61 Å². The lowest BCUT2D eigenvalue weighted by molar-refractivity contribution is -0.127. The summed E-state index contributed by atoms with van der Waals surface area (Å²) in [5, 5.41) is 4.69. The first kappa shape index (κ1) is 21.2. The third-order valence-corrected chi connectivity index (χ3v) is 5.29. The van der Waals surface area contributed by atoms with Crippen LogP contribution < -0.4 is 20.4 Å². The second-order valence-electron chi connectivity index (χ2n) is 7.89. The number of aryl methyl sites for hydroxylation is 1. The molecular formula is C25H26N4O3. The monoisotopic (exact) mass is 430 g/mol. The van der Waals surface area contributed by atoms with Crippen LogP contribution in [0.5, 0.6) is 5.75 Å². The Labute approximate surface area is 187 Å². The Morgan fingerprint density at radius 3 is 2.41 bits per heavy atom. The SMILES string of the molecule is Cc1ccc(OCC(=O)NN2C(=O)c3ccccc3NC2c2ccc(N(C)C)cc2)cc1. The van der Waals surface area contributed by atoms with Gasteiger partial charge in [-0.25, -0.2) is 5.01 Å². The number of nitrogens with zero attached hydrogens (tertiary/aromatic N) is 2. The fourth-order valence-corrected chi connectivity index (χ4v) is 3.51. The van der Waals surface area contributed by atoms with E-state index in [0.29, 0.717) is 11.3 Å². The van der Waals surface area contributed by atoms with E-state index in [1.165, 1.54) is 5.01 Å². The van der Waals surface area contributed by atoms with Crippen molar-refractivity contribution in [2.75, 3.05) is 30.9 Å². The van der Waals surface area contributed by atoms with E-state index in [1.807, 2.05) is 86.6 Å². The molecule has 164 valence electrons. The maximum absolute atomic E-state index is 13.2. The molecule has 0 aliphatic carbocycles. The topological polar surface area (TPSA) is 73.9 Å². The summed E-state index contributed by atoms with van der Waals surface area (Å²) in [6, 6.07) is 22.5. The van der Waals surface area contributed by atoms with E-state index in [-0.39, 0.29) is 12.5 Å². The zero-order valence-electron chi connectivity index (χ0n) is 18.3. The highest BCUT2D eigenvalue weighted by atomic mass is 16.5. The van der Waals surface area contributed by atoms with Crippen LogP contribution in [0.25, 0.3) is 0 Å². The number of carbonyl (C=O) groups excluding carboxylic acids is 2. The molecular weight excluding hydrogens is 404 g/mol. The Hall–Kier alpha value is -4.00. The van der Waals surface area contributed by atoms with E-state index >= 15 is 0 Å². The van der Waals surface area contributed by atoms with Crippen LogP contribution in [0, 0.1) is 6.92 Å². The predicted octanol–water partition coefficient (Wildman–Crippen LogP) is 3.74. The summed E-state index contributed by atoms with van der Waals surface area (Å²) in [6.45, 7) is 1.77. The van der Waals surface area contributed by atoms with E-state index in [4.69, 9.17) is 4.74 Å². The van der Waals surface area contributed by atoms with E-state index < -0.39 is 12.1 Å². The summed E-state index contributed by atoms with van der Waals surface area (Å²) < 4.78 is 5.58. The highest BCUT2D eigenvalue weighted by Gasteiger charge is 2.34. The Morgan fingerprint density at radius 2 is 1.72 bits per heavy atom. The van der Waals surface area contributed by atoms with Crippen molar-refractivity contribution in [3.63, 3.8) is 0 Å². The predicted molar refractivity (Wildman–Crippen MR) is 125 cm³/mol. The Kier molecular flexibility index (Phi) is 5.98. The van der Waals surface area contributed by atoms with Gasteiger partial charge in [-0.1, -0.05) is 42.0 Å². The van der Waals surface area contributed by atoms with E-state index in [0.717, 1.165) is 22.5 Å². The summed E-state index contributed by atoms with van der Waals surface area (Å²) >= 11 is 0. The second-order valence-corrected chi connectivity index (χ2v) is 7.89. The molecule has 2 N–H and O–H groups in total. The van der Waals surface area contributed by atoms with Gasteiger partial charge < -0.3 is 15.0 Å². The number of hydrazine groups is 1. The molecule has 4 rings (SSSR count). The van der Waals surface area contributed by atoms with Crippen molar-refractivity contribution in [1.29, 1.82) is 0 Å². The van der Waals surface area contributed by atoms with Crippen LogP contribution in [0.15, 0.2) is 72.8 Å². The van der Waals surface area contributed by atoms with Gasteiger partial charge in [-0.2, -0.15) is 0 Å². The maximum atomic E-state index is 13.2. The third kappa shape index (κ3) is 4.51. The fraction of sp³-hybridized carbons (Fsp3) is 0.200. The number of hydrogen-bond donors (Lipinski definition) is 2. The van der Waals surface area contributed by atoms with Gasteiger partial charge in [0.1, 0.15) is 11.9 Å². The smallest absolute Gasteiger partial charge is 0.276 e. The number of para-hydroxylation sites is 1. The van der Waals surface area contributed by atoms with Crippen molar-refractivity contribution in [3.05, 3.63) is 89.5 Å². The highest BCUT2D eigenvalue weighted by Crippen LogP contribution is 2.32. The Balaban J connectivity index is 1.55. The summed E-state index contributed by atoms with van der Waals surface area (Å²) in [6.07, 6.45) is -0.558. The number of hydrogen-bond acceptors (Lipinski definition) is 5. The average Bonchev–Trinajstić information content (AvgIpc) is 2.80. The Bertz CT molecular complexity index is 1110. The van der Waals surface area contributed by atoms with Crippen LogP contribution in [0.1, 0.15) is 27.7 Å². The molecule has 1 unspecified atom stereocenters. The van der Waals surface area contributed by atoms with Gasteiger partial charge in [0.05, 0.1) is 5.56 Å². The van der Waals surface area contributed by atoms with Crippen LogP contribution in [0.4, 0.5) is 11.4 Å². The van der Waals surface area contributed by atoms with Crippen molar-refractivity contribution >= 4 is 23.2 Å². The lowest BCUT2D eigenvalue weighted by Crippen LogP contribution is -2.53. The van der Waals surface area contributed by atoms with Gasteiger partial charge in [-0.15, -0.1) is 0 Å². The van der Waals surface area contributed by atoms with Crippen molar-refractivity contribution in [2.24, 2.45) is 0 Å². The van der Waals surface area contributed by atoms with Crippen LogP contribution in [0.3, 0.4) is 0 Å². The highest BCUT2D eigenvalue weighted by molar-refractivity contribution is 6.02. The molecule has 3 aromatic carbocycles. The lowest BCUT2D eigenvalue weighted by atomic mass is 10.0. The summed E-state index contributed by atoms with van der Waals surface area (Å²) in [5.74, 6) is -0.116. The zero-order chi connectivity index (χ0) is 22.7. The molecule has 0 fully saturated rings. The van der Waals surface area contributed by atoms with E-state index in [2.05, 4.69) is 10.7 Å². The van der Waals surface area contributed by atoms with Gasteiger partial charge in [-0.3, -0.25) is 15.0 Å². The van der Waals surface area contributed by atoms with Gasteiger partial charge in [0, 0.05) is 25.5 Å². The molecule has 3 aromatic rings. The number of benzene rings is 3. The number of amides is 2. The van der Waals surface area contributed by atoms with E-state index in [9.17, 15) is 9.59 Å². The molecule has 0 saturated carbocycles. The van der Waals surface area contributed by atoms with Crippen molar-refractivity contribution < 1.29 is 14.3 Å². The quantitative estimate of drug-likeness (QED) is 0.623. The van der Waals surface area contributed by atoms with Crippen LogP contribution >= 0.6 is 0 Å². The first-order valence-corrected chi connectivity index (χ1v) is 10.4.